The van der Waals surface area contributed by atoms with Crippen molar-refractivity contribution in [3.05, 3.63) is 58.1 Å². The number of halogens is 1. The molecular formula is C22H26ClN5O5S2. The molecule has 1 aliphatic heterocycles. The van der Waals surface area contributed by atoms with Gasteiger partial charge in [-0.2, -0.15) is 0 Å². The van der Waals surface area contributed by atoms with Crippen molar-refractivity contribution in [3.8, 4) is 0 Å². The minimum absolute atomic E-state index is 0. The largest absolute Gasteiger partial charge is 0.351 e. The Morgan fingerprint density at radius 1 is 1.14 bits per heavy atom. The zero-order valence-electron chi connectivity index (χ0n) is 19.0. The summed E-state index contributed by atoms with van der Waals surface area (Å²) in [5.41, 5.74) is 1.25. The Morgan fingerprint density at radius 2 is 1.83 bits per heavy atom. The zero-order valence-corrected chi connectivity index (χ0v) is 21.5. The number of carbonyl (C=O) groups is 1. The second kappa shape index (κ2) is 11.3. The Morgan fingerprint density at radius 3 is 2.46 bits per heavy atom. The first-order valence-electron chi connectivity index (χ1n) is 10.9. The molecule has 0 atom stereocenters. The van der Waals surface area contributed by atoms with E-state index in [-0.39, 0.29) is 34.6 Å². The standard InChI is InChI=1S/C22H25N5O5S2.ClH/c1-2-34(31,32)18-6-3-16(4-7-18)21(28)23-9-10-25-11-13-26(14-12-25)22-24-19-8-5-17(27(29)30)15-20(19)33-22;/h3-8,15H,2,9-14H2,1H3,(H,23,28);1H. The van der Waals surface area contributed by atoms with Crippen molar-refractivity contribution in [1.82, 2.24) is 15.2 Å². The fourth-order valence-electron chi connectivity index (χ4n) is 3.72. The predicted molar refractivity (Wildman–Crippen MR) is 139 cm³/mol. The van der Waals surface area contributed by atoms with Crippen LogP contribution < -0.4 is 10.2 Å². The van der Waals surface area contributed by atoms with E-state index in [4.69, 9.17) is 0 Å². The predicted octanol–water partition coefficient (Wildman–Crippen LogP) is 2.97. The molecule has 188 valence electrons. The lowest BCUT2D eigenvalue weighted by Crippen LogP contribution is -2.48. The molecule has 4 rings (SSSR count). The molecule has 0 radical (unpaired) electrons. The van der Waals surface area contributed by atoms with Crippen LogP contribution in [0.4, 0.5) is 10.8 Å². The second-order valence-corrected chi connectivity index (χ2v) is 11.2. The average Bonchev–Trinajstić information content (AvgIpc) is 3.28. The number of nitrogens with zero attached hydrogens (tertiary/aromatic N) is 4. The lowest BCUT2D eigenvalue weighted by atomic mass is 10.2. The van der Waals surface area contributed by atoms with Gasteiger partial charge in [0.05, 0.1) is 25.8 Å². The third kappa shape index (κ3) is 6.26. The van der Waals surface area contributed by atoms with Crippen molar-refractivity contribution in [1.29, 1.82) is 0 Å². The number of amides is 1. The molecule has 0 spiro atoms. The molecule has 10 nitrogen and oxygen atoms in total. The van der Waals surface area contributed by atoms with Crippen LogP contribution in [0.3, 0.4) is 0 Å². The third-order valence-electron chi connectivity index (χ3n) is 5.78. The van der Waals surface area contributed by atoms with Gasteiger partial charge in [0.25, 0.3) is 11.6 Å². The summed E-state index contributed by atoms with van der Waals surface area (Å²) in [7, 11) is -3.28. The quantitative estimate of drug-likeness (QED) is 0.342. The maximum atomic E-state index is 12.4. The van der Waals surface area contributed by atoms with Crippen LogP contribution in [-0.4, -0.2) is 74.2 Å². The number of aromatic nitrogens is 1. The van der Waals surface area contributed by atoms with Crippen LogP contribution in [0.1, 0.15) is 17.3 Å². The van der Waals surface area contributed by atoms with Gasteiger partial charge in [0.2, 0.25) is 0 Å². The Bertz CT molecular complexity index is 1310. The Kier molecular flexibility index (Phi) is 8.65. The number of sulfone groups is 1. The normalized spacial score (nSPS) is 14.5. The number of nitrogens with one attached hydrogen (secondary N) is 1. The topological polar surface area (TPSA) is 126 Å². The summed E-state index contributed by atoms with van der Waals surface area (Å²) in [4.78, 5) is 32.2. The molecule has 1 fully saturated rings. The first-order valence-corrected chi connectivity index (χ1v) is 13.4. The number of hydrogen-bond acceptors (Lipinski definition) is 9. The fraction of sp³-hybridized carbons (Fsp3) is 0.364. The summed E-state index contributed by atoms with van der Waals surface area (Å²) in [5, 5.41) is 14.7. The Hall–Kier alpha value is -2.80. The molecular weight excluding hydrogens is 514 g/mol. The van der Waals surface area contributed by atoms with Gasteiger partial charge in [0.15, 0.2) is 15.0 Å². The van der Waals surface area contributed by atoms with Gasteiger partial charge in [-0.25, -0.2) is 13.4 Å². The second-order valence-electron chi connectivity index (χ2n) is 7.92. The van der Waals surface area contributed by atoms with Crippen molar-refractivity contribution in [3.63, 3.8) is 0 Å². The lowest BCUT2D eigenvalue weighted by molar-refractivity contribution is -0.384. The van der Waals surface area contributed by atoms with E-state index in [1.165, 1.54) is 41.7 Å². The summed E-state index contributed by atoms with van der Waals surface area (Å²) in [5.74, 6) is -0.213. The monoisotopic (exact) mass is 539 g/mol. The number of nitro groups is 1. The summed E-state index contributed by atoms with van der Waals surface area (Å²) >= 11 is 1.46. The molecule has 1 N–H and O–H groups in total. The van der Waals surface area contributed by atoms with E-state index in [0.717, 1.165) is 41.5 Å². The molecule has 2 aromatic carbocycles. The van der Waals surface area contributed by atoms with E-state index in [1.54, 1.807) is 19.1 Å². The number of hydrogen-bond donors (Lipinski definition) is 1. The summed E-state index contributed by atoms with van der Waals surface area (Å²) in [6, 6.07) is 10.7. The van der Waals surface area contributed by atoms with E-state index in [9.17, 15) is 23.3 Å². The average molecular weight is 540 g/mol. The maximum Gasteiger partial charge on any atom is 0.270 e. The van der Waals surface area contributed by atoms with Crippen LogP contribution in [0.15, 0.2) is 47.4 Å². The van der Waals surface area contributed by atoms with Gasteiger partial charge in [-0.05, 0) is 30.3 Å². The highest BCUT2D eigenvalue weighted by Gasteiger charge is 2.21. The number of fused-ring (bicyclic) bond motifs is 1. The van der Waals surface area contributed by atoms with Gasteiger partial charge in [0.1, 0.15) is 0 Å². The molecule has 1 aromatic heterocycles. The van der Waals surface area contributed by atoms with Crippen LogP contribution in [0.5, 0.6) is 0 Å². The van der Waals surface area contributed by atoms with Crippen molar-refractivity contribution in [2.75, 3.05) is 49.9 Å². The molecule has 2 heterocycles. The van der Waals surface area contributed by atoms with Gasteiger partial charge in [-0.15, -0.1) is 12.4 Å². The molecule has 1 saturated heterocycles. The highest BCUT2D eigenvalue weighted by atomic mass is 35.5. The minimum Gasteiger partial charge on any atom is -0.351 e. The summed E-state index contributed by atoms with van der Waals surface area (Å²) < 4.78 is 24.6. The van der Waals surface area contributed by atoms with Crippen molar-refractivity contribution in [2.24, 2.45) is 0 Å². The molecule has 0 aliphatic carbocycles. The molecule has 3 aromatic rings. The van der Waals surface area contributed by atoms with Crippen LogP contribution in [0, 0.1) is 10.1 Å². The smallest absolute Gasteiger partial charge is 0.270 e. The van der Waals surface area contributed by atoms with Crippen LogP contribution in [0.25, 0.3) is 10.2 Å². The van der Waals surface area contributed by atoms with E-state index in [1.807, 2.05) is 0 Å². The molecule has 1 aliphatic rings. The number of rotatable bonds is 8. The van der Waals surface area contributed by atoms with Gasteiger partial charge in [-0.3, -0.25) is 19.8 Å². The number of carbonyl (C=O) groups excluding carboxylic acids is 1. The Balaban J connectivity index is 0.00000342. The minimum atomic E-state index is -3.28. The first-order chi connectivity index (χ1) is 16.3. The molecule has 13 heteroatoms. The van der Waals surface area contributed by atoms with Gasteiger partial charge >= 0.3 is 0 Å². The van der Waals surface area contributed by atoms with E-state index >= 15 is 0 Å². The maximum absolute atomic E-state index is 12.4. The van der Waals surface area contributed by atoms with Gasteiger partial charge < -0.3 is 10.2 Å². The lowest BCUT2D eigenvalue weighted by Gasteiger charge is -2.34. The van der Waals surface area contributed by atoms with E-state index < -0.39 is 14.8 Å². The molecule has 0 unspecified atom stereocenters. The number of anilines is 1. The Labute approximate surface area is 213 Å². The molecule has 35 heavy (non-hydrogen) atoms. The molecule has 1 amide bonds. The van der Waals surface area contributed by atoms with Crippen LogP contribution >= 0.6 is 23.7 Å². The number of thiazole rings is 1. The van der Waals surface area contributed by atoms with E-state index in [0.29, 0.717) is 18.7 Å². The third-order valence-corrected chi connectivity index (χ3v) is 8.61. The number of benzene rings is 2. The van der Waals surface area contributed by atoms with E-state index in [2.05, 4.69) is 20.1 Å². The fourth-order valence-corrected chi connectivity index (χ4v) is 5.66. The molecule has 0 saturated carbocycles. The zero-order chi connectivity index (χ0) is 24.3. The van der Waals surface area contributed by atoms with Crippen LogP contribution in [0.2, 0.25) is 0 Å². The summed E-state index contributed by atoms with van der Waals surface area (Å²) in [6.07, 6.45) is 0. The first kappa shape index (κ1) is 26.8. The van der Waals surface area contributed by atoms with Gasteiger partial charge in [-0.1, -0.05) is 18.3 Å². The SMILES string of the molecule is CCS(=O)(=O)c1ccc(C(=O)NCCN2CCN(c3nc4ccc([N+](=O)[O-])cc4s3)CC2)cc1.Cl. The van der Waals surface area contributed by atoms with Gasteiger partial charge in [0, 0.05) is 57.0 Å². The van der Waals surface area contributed by atoms with Crippen molar-refractivity contribution in [2.45, 2.75) is 11.8 Å². The van der Waals surface area contributed by atoms with Crippen molar-refractivity contribution < 1.29 is 18.1 Å². The highest BCUT2D eigenvalue weighted by molar-refractivity contribution is 7.91. The van der Waals surface area contributed by atoms with Crippen molar-refractivity contribution >= 4 is 60.5 Å². The summed E-state index contributed by atoms with van der Waals surface area (Å²) in [6.45, 7) is 5.97. The number of piperazine rings is 1. The molecule has 0 bridgehead atoms. The number of non-ortho nitro benzene ring substituents is 1. The highest BCUT2D eigenvalue weighted by Crippen LogP contribution is 2.31. The number of nitro benzene ring substituents is 1. The van der Waals surface area contributed by atoms with Crippen LogP contribution in [-0.2, 0) is 9.84 Å².